The van der Waals surface area contributed by atoms with E-state index in [0.717, 1.165) is 10.6 Å². The summed E-state index contributed by atoms with van der Waals surface area (Å²) in [7, 11) is 0. The SMILES string of the molecule is Cc1cc(=O)c(C(=O)Nc2cc(-c3cccs3)[nH]n2)nn1-c1ccccc1F. The van der Waals surface area contributed by atoms with Crippen LogP contribution in [-0.4, -0.2) is 25.9 Å². The maximum absolute atomic E-state index is 14.1. The van der Waals surface area contributed by atoms with Crippen LogP contribution in [0.4, 0.5) is 10.2 Å². The van der Waals surface area contributed by atoms with Crippen molar-refractivity contribution in [2.24, 2.45) is 0 Å². The Morgan fingerprint density at radius 2 is 2.04 bits per heavy atom. The quantitative estimate of drug-likeness (QED) is 0.554. The number of benzene rings is 1. The first-order chi connectivity index (χ1) is 13.5. The van der Waals surface area contributed by atoms with E-state index in [0.29, 0.717) is 5.69 Å². The highest BCUT2D eigenvalue weighted by molar-refractivity contribution is 7.13. The first-order valence-electron chi connectivity index (χ1n) is 8.29. The van der Waals surface area contributed by atoms with Gasteiger partial charge in [0, 0.05) is 17.8 Å². The summed E-state index contributed by atoms with van der Waals surface area (Å²) in [4.78, 5) is 25.8. The molecule has 1 aromatic carbocycles. The standard InChI is InChI=1S/C19H14FN5O2S/c1-11-9-15(26)18(24-25(11)14-6-3-2-5-12(14)20)19(27)21-17-10-13(22-23-17)16-7-4-8-28-16/h2-10H,1H3,(H2,21,22,23,27). The van der Waals surface area contributed by atoms with Crippen LogP contribution < -0.4 is 10.7 Å². The van der Waals surface area contributed by atoms with E-state index in [9.17, 15) is 14.0 Å². The van der Waals surface area contributed by atoms with Crippen molar-refractivity contribution in [1.29, 1.82) is 0 Å². The van der Waals surface area contributed by atoms with Crippen molar-refractivity contribution in [3.8, 4) is 16.3 Å². The van der Waals surface area contributed by atoms with Gasteiger partial charge in [0.2, 0.25) is 5.43 Å². The Bertz CT molecular complexity index is 1210. The average Bonchev–Trinajstić information content (AvgIpc) is 3.34. The lowest BCUT2D eigenvalue weighted by atomic mass is 10.2. The van der Waals surface area contributed by atoms with Crippen LogP contribution in [0.25, 0.3) is 16.3 Å². The molecule has 1 amide bonds. The van der Waals surface area contributed by atoms with E-state index in [2.05, 4.69) is 20.6 Å². The molecule has 0 aliphatic heterocycles. The summed E-state index contributed by atoms with van der Waals surface area (Å²) in [6.07, 6.45) is 0. The van der Waals surface area contributed by atoms with Gasteiger partial charge in [0.25, 0.3) is 5.91 Å². The molecule has 0 saturated carbocycles. The van der Waals surface area contributed by atoms with Crippen LogP contribution in [0, 0.1) is 12.7 Å². The number of aromatic amines is 1. The zero-order valence-electron chi connectivity index (χ0n) is 14.6. The monoisotopic (exact) mass is 395 g/mol. The second kappa shape index (κ2) is 7.20. The molecule has 3 heterocycles. The van der Waals surface area contributed by atoms with Crippen molar-refractivity contribution in [3.63, 3.8) is 0 Å². The molecule has 7 nitrogen and oxygen atoms in total. The number of para-hydroxylation sites is 1. The topological polar surface area (TPSA) is 92.7 Å². The van der Waals surface area contributed by atoms with Gasteiger partial charge in [-0.15, -0.1) is 11.3 Å². The molecular weight excluding hydrogens is 381 g/mol. The molecule has 0 bridgehead atoms. The lowest BCUT2D eigenvalue weighted by Gasteiger charge is -2.11. The van der Waals surface area contributed by atoms with Gasteiger partial charge in [0.1, 0.15) is 11.5 Å². The lowest BCUT2D eigenvalue weighted by Crippen LogP contribution is -2.27. The molecule has 140 valence electrons. The smallest absolute Gasteiger partial charge is 0.281 e. The number of carbonyl (C=O) groups excluding carboxylic acids is 1. The molecule has 4 aromatic rings. The number of hydrogen-bond donors (Lipinski definition) is 2. The van der Waals surface area contributed by atoms with Crippen LogP contribution in [0.15, 0.2) is 58.7 Å². The fourth-order valence-corrected chi connectivity index (χ4v) is 3.38. The predicted octanol–water partition coefficient (Wildman–Crippen LogP) is 3.38. The highest BCUT2D eigenvalue weighted by atomic mass is 32.1. The highest BCUT2D eigenvalue weighted by Gasteiger charge is 2.18. The van der Waals surface area contributed by atoms with Crippen LogP contribution in [0.3, 0.4) is 0 Å². The Morgan fingerprint density at radius 3 is 2.79 bits per heavy atom. The zero-order chi connectivity index (χ0) is 19.7. The molecule has 0 spiro atoms. The summed E-state index contributed by atoms with van der Waals surface area (Å²) in [6, 6.07) is 12.7. The van der Waals surface area contributed by atoms with Gasteiger partial charge >= 0.3 is 0 Å². The minimum Gasteiger partial charge on any atom is -0.304 e. The Labute approximate surface area is 162 Å². The Morgan fingerprint density at radius 1 is 1.21 bits per heavy atom. The van der Waals surface area contributed by atoms with E-state index in [-0.39, 0.29) is 17.2 Å². The first kappa shape index (κ1) is 17.8. The maximum Gasteiger partial charge on any atom is 0.281 e. The third-order valence-electron chi connectivity index (χ3n) is 4.01. The number of hydrogen-bond acceptors (Lipinski definition) is 5. The number of nitrogens with zero attached hydrogens (tertiary/aromatic N) is 3. The van der Waals surface area contributed by atoms with Gasteiger partial charge in [0.15, 0.2) is 11.5 Å². The van der Waals surface area contributed by atoms with Crippen molar-refractivity contribution in [2.75, 3.05) is 5.32 Å². The first-order valence-corrected chi connectivity index (χ1v) is 9.17. The third-order valence-corrected chi connectivity index (χ3v) is 4.91. The molecule has 9 heteroatoms. The molecule has 0 aliphatic rings. The Balaban J connectivity index is 1.65. The van der Waals surface area contributed by atoms with Crippen LogP contribution >= 0.6 is 11.3 Å². The number of nitrogens with one attached hydrogen (secondary N) is 2. The van der Waals surface area contributed by atoms with Crippen molar-refractivity contribution < 1.29 is 9.18 Å². The molecule has 0 aliphatic carbocycles. The molecule has 0 atom stereocenters. The van der Waals surface area contributed by atoms with E-state index in [4.69, 9.17) is 0 Å². The number of anilines is 1. The largest absolute Gasteiger partial charge is 0.304 e. The normalized spacial score (nSPS) is 10.8. The average molecular weight is 395 g/mol. The van der Waals surface area contributed by atoms with Crippen LogP contribution in [-0.2, 0) is 0 Å². The third kappa shape index (κ3) is 3.35. The van der Waals surface area contributed by atoms with E-state index >= 15 is 0 Å². The zero-order valence-corrected chi connectivity index (χ0v) is 15.5. The number of carbonyl (C=O) groups is 1. The fraction of sp³-hybridized carbons (Fsp3) is 0.0526. The van der Waals surface area contributed by atoms with Gasteiger partial charge < -0.3 is 5.32 Å². The van der Waals surface area contributed by atoms with E-state index in [1.165, 1.54) is 34.2 Å². The molecular formula is C19H14FN5O2S. The molecule has 0 unspecified atom stereocenters. The second-order valence-electron chi connectivity index (χ2n) is 5.96. The van der Waals surface area contributed by atoms with Gasteiger partial charge in [-0.3, -0.25) is 14.7 Å². The van der Waals surface area contributed by atoms with E-state index in [1.807, 2.05) is 17.5 Å². The van der Waals surface area contributed by atoms with E-state index < -0.39 is 17.2 Å². The van der Waals surface area contributed by atoms with Crippen molar-refractivity contribution in [3.05, 3.63) is 81.3 Å². The highest BCUT2D eigenvalue weighted by Crippen LogP contribution is 2.24. The molecule has 0 radical (unpaired) electrons. The van der Waals surface area contributed by atoms with Gasteiger partial charge in [-0.25, -0.2) is 9.07 Å². The van der Waals surface area contributed by atoms with Gasteiger partial charge in [-0.1, -0.05) is 18.2 Å². The summed E-state index contributed by atoms with van der Waals surface area (Å²) < 4.78 is 15.3. The van der Waals surface area contributed by atoms with Crippen LogP contribution in [0.5, 0.6) is 0 Å². The lowest BCUT2D eigenvalue weighted by molar-refractivity contribution is 0.101. The molecule has 3 aromatic heterocycles. The minimum atomic E-state index is -0.723. The number of amides is 1. The molecule has 0 saturated heterocycles. The van der Waals surface area contributed by atoms with Gasteiger partial charge in [-0.05, 0) is 30.5 Å². The van der Waals surface area contributed by atoms with Crippen LogP contribution in [0.2, 0.25) is 0 Å². The molecule has 28 heavy (non-hydrogen) atoms. The van der Waals surface area contributed by atoms with E-state index in [1.54, 1.807) is 25.1 Å². The number of thiophene rings is 1. The fourth-order valence-electron chi connectivity index (χ4n) is 2.69. The molecule has 4 rings (SSSR count). The minimum absolute atomic E-state index is 0.147. The Hall–Kier alpha value is -3.59. The number of aromatic nitrogens is 4. The number of H-pyrrole nitrogens is 1. The number of rotatable bonds is 4. The van der Waals surface area contributed by atoms with Crippen LogP contribution in [0.1, 0.15) is 16.2 Å². The van der Waals surface area contributed by atoms with Gasteiger partial charge in [-0.2, -0.15) is 10.2 Å². The summed E-state index contributed by atoms with van der Waals surface area (Å²) in [6.45, 7) is 1.61. The maximum atomic E-state index is 14.1. The molecule has 0 fully saturated rings. The molecule has 2 N–H and O–H groups in total. The summed E-state index contributed by atoms with van der Waals surface area (Å²) in [5.74, 6) is -0.979. The summed E-state index contributed by atoms with van der Waals surface area (Å²) in [5, 5.41) is 15.4. The number of halogens is 1. The number of aryl methyl sites for hydroxylation is 1. The summed E-state index contributed by atoms with van der Waals surface area (Å²) >= 11 is 1.52. The second-order valence-corrected chi connectivity index (χ2v) is 6.91. The van der Waals surface area contributed by atoms with Crippen molar-refractivity contribution in [1.82, 2.24) is 20.0 Å². The van der Waals surface area contributed by atoms with Crippen molar-refractivity contribution in [2.45, 2.75) is 6.92 Å². The predicted molar refractivity (Wildman–Crippen MR) is 104 cm³/mol. The van der Waals surface area contributed by atoms with Crippen molar-refractivity contribution >= 4 is 23.1 Å². The van der Waals surface area contributed by atoms with Gasteiger partial charge in [0.05, 0.1) is 10.6 Å². The summed E-state index contributed by atoms with van der Waals surface area (Å²) in [5.41, 5.74) is 0.386. The Kier molecular flexibility index (Phi) is 4.58.